The summed E-state index contributed by atoms with van der Waals surface area (Å²) in [5.41, 5.74) is 2.99. The first kappa shape index (κ1) is 16.6. The Morgan fingerprint density at radius 3 is 2.89 bits per heavy atom. The van der Waals surface area contributed by atoms with Crippen LogP contribution in [-0.4, -0.2) is 14.5 Å². The molecule has 1 N–H and O–H groups in total. The molecular formula is C21H14BrClFN3O. The van der Waals surface area contributed by atoms with E-state index in [1.807, 2.05) is 35.0 Å². The molecule has 2 aromatic carbocycles. The number of aromatic amines is 1. The molecule has 4 aromatic rings. The molecule has 0 spiro atoms. The Kier molecular flexibility index (Phi) is 3.47. The maximum absolute atomic E-state index is 14.9. The van der Waals surface area contributed by atoms with Crippen molar-refractivity contribution >= 4 is 38.4 Å². The van der Waals surface area contributed by atoms with Gasteiger partial charge in [0.25, 0.3) is 0 Å². The third kappa shape index (κ3) is 2.44. The fraction of sp³-hybridized carbons (Fsp3) is 0.190. The van der Waals surface area contributed by atoms with Crippen LogP contribution in [0.1, 0.15) is 36.5 Å². The summed E-state index contributed by atoms with van der Waals surface area (Å²) in [6, 6.07) is 10.9. The van der Waals surface area contributed by atoms with Gasteiger partial charge in [-0.05, 0) is 49.2 Å². The number of fused-ring (bicyclic) bond motifs is 5. The molecule has 2 aliphatic rings. The number of H-pyrrole nitrogens is 1. The topological polar surface area (TPSA) is 42.8 Å². The monoisotopic (exact) mass is 457 g/mol. The normalized spacial score (nSPS) is 18.0. The van der Waals surface area contributed by atoms with Gasteiger partial charge in [0.05, 0.1) is 28.7 Å². The Morgan fingerprint density at radius 1 is 1.21 bits per heavy atom. The Hall–Kier alpha value is -2.31. The molecule has 6 rings (SSSR count). The molecule has 0 unspecified atom stereocenters. The lowest BCUT2D eigenvalue weighted by Gasteiger charge is -2.29. The van der Waals surface area contributed by atoms with E-state index in [0.29, 0.717) is 26.7 Å². The van der Waals surface area contributed by atoms with Gasteiger partial charge in [-0.1, -0.05) is 27.5 Å². The van der Waals surface area contributed by atoms with Crippen LogP contribution in [0, 0.1) is 5.82 Å². The van der Waals surface area contributed by atoms with Gasteiger partial charge in [-0.15, -0.1) is 0 Å². The third-order valence-corrected chi connectivity index (χ3v) is 6.09. The highest BCUT2D eigenvalue weighted by Crippen LogP contribution is 2.47. The zero-order valence-corrected chi connectivity index (χ0v) is 16.9. The van der Waals surface area contributed by atoms with E-state index in [1.165, 1.54) is 6.07 Å². The number of ether oxygens (including phenoxy) is 1. The van der Waals surface area contributed by atoms with Gasteiger partial charge in [0.2, 0.25) is 6.23 Å². The average molecular weight is 459 g/mol. The minimum atomic E-state index is -0.463. The molecule has 2 aromatic heterocycles. The largest absolute Gasteiger partial charge is 0.463 e. The van der Waals surface area contributed by atoms with E-state index in [0.717, 1.165) is 41.0 Å². The molecule has 0 bridgehead atoms. The quantitative estimate of drug-likeness (QED) is 0.377. The van der Waals surface area contributed by atoms with Gasteiger partial charge in [-0.25, -0.2) is 9.37 Å². The lowest BCUT2D eigenvalue weighted by atomic mass is 10.1. The summed E-state index contributed by atoms with van der Waals surface area (Å²) in [6.45, 7) is 0. The molecule has 4 nitrogen and oxygen atoms in total. The van der Waals surface area contributed by atoms with Crippen molar-refractivity contribution in [2.75, 3.05) is 0 Å². The number of rotatable bonds is 2. The zero-order valence-electron chi connectivity index (χ0n) is 14.5. The van der Waals surface area contributed by atoms with Crippen molar-refractivity contribution in [3.8, 4) is 17.0 Å². The van der Waals surface area contributed by atoms with Gasteiger partial charge < -0.3 is 9.72 Å². The smallest absolute Gasteiger partial charge is 0.219 e. The first-order valence-electron chi connectivity index (χ1n) is 9.10. The van der Waals surface area contributed by atoms with Gasteiger partial charge in [-0.3, -0.25) is 4.57 Å². The lowest BCUT2D eigenvalue weighted by molar-refractivity contribution is 0.168. The summed E-state index contributed by atoms with van der Waals surface area (Å²) in [4.78, 5) is 7.97. The van der Waals surface area contributed by atoms with Crippen molar-refractivity contribution in [1.29, 1.82) is 0 Å². The molecule has 7 heteroatoms. The minimum Gasteiger partial charge on any atom is -0.463 e. The van der Waals surface area contributed by atoms with Crippen LogP contribution >= 0.6 is 27.5 Å². The van der Waals surface area contributed by atoms with E-state index >= 15 is 0 Å². The second kappa shape index (κ2) is 5.84. The summed E-state index contributed by atoms with van der Waals surface area (Å²) in [7, 11) is 0. The molecule has 140 valence electrons. The number of aromatic nitrogens is 3. The van der Waals surface area contributed by atoms with Gasteiger partial charge in [0.15, 0.2) is 0 Å². The second-order valence-electron chi connectivity index (χ2n) is 7.33. The molecule has 1 aliphatic heterocycles. The minimum absolute atomic E-state index is 0.332. The second-order valence-corrected chi connectivity index (χ2v) is 8.68. The zero-order chi connectivity index (χ0) is 19.0. The van der Waals surface area contributed by atoms with Crippen molar-refractivity contribution in [2.24, 2.45) is 0 Å². The number of hydrogen-bond acceptors (Lipinski definition) is 2. The van der Waals surface area contributed by atoms with Crippen molar-refractivity contribution in [3.05, 3.63) is 69.4 Å². The number of benzene rings is 2. The van der Waals surface area contributed by atoms with E-state index in [9.17, 15) is 4.39 Å². The van der Waals surface area contributed by atoms with Crippen LogP contribution in [0.3, 0.4) is 0 Å². The molecule has 28 heavy (non-hydrogen) atoms. The number of nitrogens with one attached hydrogen (secondary N) is 1. The average Bonchev–Trinajstić information content (AvgIpc) is 3.26. The fourth-order valence-corrected chi connectivity index (χ4v) is 4.55. The van der Waals surface area contributed by atoms with Crippen LogP contribution in [0.15, 0.2) is 47.1 Å². The van der Waals surface area contributed by atoms with Crippen LogP contribution in [0.5, 0.6) is 5.75 Å². The SMILES string of the molecule is Fc1cc(Br)cc2c1-c1cc3cc(Cl)ccc3n1[C@H](c1cnc(C3CC3)[nH]1)O2. The summed E-state index contributed by atoms with van der Waals surface area (Å²) >= 11 is 9.56. The maximum atomic E-state index is 14.9. The third-order valence-electron chi connectivity index (χ3n) is 5.39. The summed E-state index contributed by atoms with van der Waals surface area (Å²) in [5, 5.41) is 1.58. The fourth-order valence-electron chi connectivity index (χ4n) is 3.96. The van der Waals surface area contributed by atoms with Gasteiger partial charge in [0, 0.05) is 20.8 Å². The molecular weight excluding hydrogens is 445 g/mol. The van der Waals surface area contributed by atoms with Crippen LogP contribution in [0.4, 0.5) is 4.39 Å². The van der Waals surface area contributed by atoms with E-state index < -0.39 is 6.23 Å². The van der Waals surface area contributed by atoms with Crippen LogP contribution in [0.25, 0.3) is 22.2 Å². The van der Waals surface area contributed by atoms with Crippen LogP contribution in [0.2, 0.25) is 5.02 Å². The Labute approximate surface area is 173 Å². The standard InChI is InChI=1S/C21H14BrClFN3O/c22-12-7-14(24)19-17-6-11-5-13(23)3-4-16(11)27(17)21(28-18(19)8-12)15-9-25-20(26-15)10-1-2-10/h3-10,21H,1-2H2,(H,25,26)/t21-/m0/s1. The van der Waals surface area contributed by atoms with Crippen molar-refractivity contribution in [1.82, 2.24) is 14.5 Å². The molecule has 1 aliphatic carbocycles. The number of halogens is 3. The van der Waals surface area contributed by atoms with Gasteiger partial charge in [-0.2, -0.15) is 0 Å². The first-order chi connectivity index (χ1) is 13.6. The highest BCUT2D eigenvalue weighted by molar-refractivity contribution is 9.10. The summed E-state index contributed by atoms with van der Waals surface area (Å²) in [6.07, 6.45) is 3.68. The van der Waals surface area contributed by atoms with E-state index in [4.69, 9.17) is 16.3 Å². The van der Waals surface area contributed by atoms with Gasteiger partial charge in [0.1, 0.15) is 17.4 Å². The highest BCUT2D eigenvalue weighted by atomic mass is 79.9. The first-order valence-corrected chi connectivity index (χ1v) is 10.3. The molecule has 3 heterocycles. The Balaban J connectivity index is 1.62. The molecule has 0 amide bonds. The van der Waals surface area contributed by atoms with E-state index in [1.54, 1.807) is 6.07 Å². The van der Waals surface area contributed by atoms with Gasteiger partial charge >= 0.3 is 0 Å². The molecule has 0 saturated heterocycles. The Morgan fingerprint density at radius 2 is 2.07 bits per heavy atom. The maximum Gasteiger partial charge on any atom is 0.219 e. The number of hydrogen-bond donors (Lipinski definition) is 1. The number of imidazole rings is 1. The highest BCUT2D eigenvalue weighted by Gasteiger charge is 2.34. The number of nitrogens with zero attached hydrogens (tertiary/aromatic N) is 2. The van der Waals surface area contributed by atoms with E-state index in [2.05, 4.69) is 25.9 Å². The molecule has 0 radical (unpaired) electrons. The summed E-state index contributed by atoms with van der Waals surface area (Å²) in [5.74, 6) is 1.67. The predicted molar refractivity (Wildman–Crippen MR) is 109 cm³/mol. The van der Waals surface area contributed by atoms with E-state index in [-0.39, 0.29) is 5.82 Å². The lowest BCUT2D eigenvalue weighted by Crippen LogP contribution is -2.23. The predicted octanol–water partition coefficient (Wildman–Crippen LogP) is 6.40. The van der Waals surface area contributed by atoms with Crippen LogP contribution in [-0.2, 0) is 0 Å². The van der Waals surface area contributed by atoms with Crippen LogP contribution < -0.4 is 4.74 Å². The molecule has 1 fully saturated rings. The van der Waals surface area contributed by atoms with Crippen molar-refractivity contribution < 1.29 is 9.13 Å². The van der Waals surface area contributed by atoms with Crippen molar-refractivity contribution in [3.63, 3.8) is 0 Å². The summed E-state index contributed by atoms with van der Waals surface area (Å²) < 4.78 is 23.8. The molecule has 1 atom stereocenters. The molecule has 1 saturated carbocycles. The van der Waals surface area contributed by atoms with Crippen molar-refractivity contribution in [2.45, 2.75) is 25.0 Å². The Bertz CT molecular complexity index is 1260.